The maximum absolute atomic E-state index is 3.34. The molecule has 0 radical (unpaired) electrons. The molecule has 0 unspecified atom stereocenters. The van der Waals surface area contributed by atoms with Crippen LogP contribution in [0.15, 0.2) is 0 Å². The van der Waals surface area contributed by atoms with E-state index in [0.717, 1.165) is 0 Å². The number of hydrogen-bond acceptors (Lipinski definition) is 0. The Hall–Kier alpha value is 0.710. The summed E-state index contributed by atoms with van der Waals surface area (Å²) in [5.74, 6) is 0. The molecule has 5 heteroatoms. The average molecular weight is 527 g/mol. The normalized spacial score (nSPS) is 14.9. The fourth-order valence-corrected chi connectivity index (χ4v) is 43.4. The van der Waals surface area contributed by atoms with Crippen LogP contribution in [0.1, 0.15) is 55.4 Å². The van der Waals surface area contributed by atoms with Crippen LogP contribution in [-0.4, -0.2) is 90.4 Å². The predicted octanol–water partition coefficient (Wildman–Crippen LogP) is 3.75. The molecule has 0 aromatic carbocycles. The molecule has 0 saturated heterocycles. The third kappa shape index (κ3) is 3.46. The molecule has 0 aliphatic rings. The summed E-state index contributed by atoms with van der Waals surface area (Å²) in [6.45, 7) is 29.8. The topological polar surface area (TPSA) is 0 Å². The molecule has 152 valence electrons. The summed E-state index contributed by atoms with van der Waals surface area (Å²) in [7, 11) is 10.5. The molecule has 0 aliphatic heterocycles. The predicted molar refractivity (Wildman–Crippen MR) is 109 cm³/mol. The Kier molecular flexibility index (Phi) is 9.53. The second kappa shape index (κ2) is 9.27. The van der Waals surface area contributed by atoms with Crippen LogP contribution in [-0.2, 0) is 21.1 Å². The minimum absolute atomic E-state index is 1.27. The molecule has 0 spiro atoms. The number of hydrogen-bond donors (Lipinski definition) is 0. The molecule has 0 aromatic rings. The van der Waals surface area contributed by atoms with Gasteiger partial charge < -0.3 is 0 Å². The van der Waals surface area contributed by atoms with Gasteiger partial charge in [0.05, 0.1) is 0 Å². The summed E-state index contributed by atoms with van der Waals surface area (Å²) < 4.78 is 5.34. The molecule has 0 aliphatic carbocycles. The first kappa shape index (κ1) is 25.7. The van der Waals surface area contributed by atoms with E-state index in [1.807, 2.05) is 0 Å². The molecule has 0 N–H and O–H groups in total. The summed E-state index contributed by atoms with van der Waals surface area (Å²) >= 11 is -3.34. The Balaban J connectivity index is 7.47. The Morgan fingerprint density at radius 1 is 0.360 bits per heavy atom. The Bertz CT molecular complexity index is 317. The van der Waals surface area contributed by atoms with Gasteiger partial charge >= 0.3 is 167 Å². The third-order valence-electron chi connectivity index (χ3n) is 8.48. The molecule has 0 bridgehead atoms. The maximum atomic E-state index is 2.63. The van der Waals surface area contributed by atoms with Crippen molar-refractivity contribution in [2.45, 2.75) is 55.4 Å². The van der Waals surface area contributed by atoms with Gasteiger partial charge in [0.25, 0.3) is 0 Å². The van der Waals surface area contributed by atoms with E-state index < -0.39 is 21.1 Å². The van der Waals surface area contributed by atoms with E-state index in [2.05, 4.69) is 83.6 Å². The van der Waals surface area contributed by atoms with Gasteiger partial charge in [-0.1, -0.05) is 0 Å². The minimum atomic E-state index is -3.34. The van der Waals surface area contributed by atoms with Gasteiger partial charge in [-0.25, -0.2) is 0 Å². The van der Waals surface area contributed by atoms with Gasteiger partial charge in [0.15, 0.2) is 0 Å². The Morgan fingerprint density at radius 3 is 0.560 bits per heavy atom. The Labute approximate surface area is 166 Å². The fraction of sp³-hybridized carbons (Fsp3) is 1.00. The second-order valence-electron chi connectivity index (χ2n) is 8.71. The van der Waals surface area contributed by atoms with Crippen LogP contribution in [0.25, 0.3) is 0 Å². The van der Waals surface area contributed by atoms with Crippen LogP contribution in [0, 0.1) is 0 Å². The summed E-state index contributed by atoms with van der Waals surface area (Å²) in [6.07, 6.45) is 0. The van der Waals surface area contributed by atoms with E-state index >= 15 is 0 Å². The Morgan fingerprint density at radius 2 is 0.480 bits per heavy atom. The molecule has 0 atom stereocenters. The van der Waals surface area contributed by atoms with Crippen molar-refractivity contribution in [3.63, 3.8) is 0 Å². The van der Waals surface area contributed by atoms with Crippen molar-refractivity contribution in [2.24, 2.45) is 0 Å². The van der Waals surface area contributed by atoms with E-state index in [4.69, 9.17) is 0 Å². The summed E-state index contributed by atoms with van der Waals surface area (Å²) in [5, 5.41) is 0. The molecule has 0 saturated carbocycles. The van der Waals surface area contributed by atoms with E-state index in [9.17, 15) is 0 Å². The molecule has 0 aromatic heterocycles. The molecular formula is C20H52HfN4+4. The quantitative estimate of drug-likeness (QED) is 0.340. The molecule has 4 nitrogen and oxygen atoms in total. The van der Waals surface area contributed by atoms with Gasteiger partial charge in [-0.2, -0.15) is 0 Å². The summed E-state index contributed by atoms with van der Waals surface area (Å²) in [5.41, 5.74) is 0. The molecule has 0 fully saturated rings. The van der Waals surface area contributed by atoms with Gasteiger partial charge in [0.1, 0.15) is 0 Å². The number of nitrogens with zero attached hydrogens (tertiary/aromatic N) is 4. The third-order valence-corrected chi connectivity index (χ3v) is 38.4. The first-order valence-electron chi connectivity index (χ1n) is 10.9. The van der Waals surface area contributed by atoms with Gasteiger partial charge in [-0.15, -0.1) is 0 Å². The SMILES string of the molecule is CC[N+](C)(CC)[Hf]([N+](C)(CC)CC)([N+](C)(CC)CC)[N+](C)(CC)CC. The molecular weight excluding hydrogens is 475 g/mol. The molecule has 0 rings (SSSR count). The van der Waals surface area contributed by atoms with E-state index in [-0.39, 0.29) is 0 Å². The zero-order chi connectivity index (χ0) is 20.2. The van der Waals surface area contributed by atoms with Gasteiger partial charge in [-0.05, 0) is 0 Å². The molecule has 0 heterocycles. The van der Waals surface area contributed by atoms with E-state index in [0.29, 0.717) is 0 Å². The average Bonchev–Trinajstić information content (AvgIpc) is 2.66. The van der Waals surface area contributed by atoms with Crippen LogP contribution in [0.2, 0.25) is 0 Å². The van der Waals surface area contributed by atoms with Crippen molar-refractivity contribution in [2.75, 3.05) is 80.5 Å². The number of quaternary nitrogens is 4. The van der Waals surface area contributed by atoms with Crippen molar-refractivity contribution in [1.82, 2.24) is 0 Å². The first-order valence-corrected chi connectivity index (χ1v) is 17.3. The monoisotopic (exact) mass is 528 g/mol. The standard InChI is InChI=1S/4C5H13N.Hf/c4*1-4-6(3)5-2;/h4*4-5H2,1-3H3;/q;;;;+4. The van der Waals surface area contributed by atoms with Gasteiger partial charge in [0, 0.05) is 0 Å². The van der Waals surface area contributed by atoms with Crippen molar-refractivity contribution in [3.8, 4) is 0 Å². The van der Waals surface area contributed by atoms with Crippen molar-refractivity contribution in [3.05, 3.63) is 0 Å². The summed E-state index contributed by atoms with van der Waals surface area (Å²) in [4.78, 5) is 0. The first-order chi connectivity index (χ1) is 11.5. The summed E-state index contributed by atoms with van der Waals surface area (Å²) in [6, 6.07) is 0. The van der Waals surface area contributed by atoms with Crippen LogP contribution in [0.3, 0.4) is 0 Å². The van der Waals surface area contributed by atoms with Crippen molar-refractivity contribution in [1.29, 1.82) is 0 Å². The zero-order valence-electron chi connectivity index (χ0n) is 19.9. The van der Waals surface area contributed by atoms with Crippen LogP contribution >= 0.6 is 0 Å². The van der Waals surface area contributed by atoms with Crippen molar-refractivity contribution >= 4 is 0 Å². The van der Waals surface area contributed by atoms with Crippen molar-refractivity contribution < 1.29 is 31.0 Å². The number of rotatable bonds is 12. The van der Waals surface area contributed by atoms with E-state index in [1.165, 1.54) is 62.2 Å². The van der Waals surface area contributed by atoms with Gasteiger partial charge in [-0.3, -0.25) is 0 Å². The molecule has 25 heavy (non-hydrogen) atoms. The van der Waals surface area contributed by atoms with Crippen LogP contribution in [0.4, 0.5) is 0 Å². The van der Waals surface area contributed by atoms with Crippen LogP contribution in [0.5, 0.6) is 0 Å². The fourth-order valence-electron chi connectivity index (χ4n) is 6.09. The van der Waals surface area contributed by atoms with E-state index in [1.54, 1.807) is 0 Å². The zero-order valence-corrected chi connectivity index (χ0v) is 23.5. The van der Waals surface area contributed by atoms with Gasteiger partial charge in [0.2, 0.25) is 0 Å². The second-order valence-corrected chi connectivity index (χ2v) is 28.5. The molecule has 0 amide bonds. The van der Waals surface area contributed by atoms with Crippen LogP contribution < -0.4 is 0 Å².